The Bertz CT molecular complexity index is 271. The molecule has 0 aromatic carbocycles. The molecule has 0 N–H and O–H groups in total. The van der Waals surface area contributed by atoms with E-state index in [4.69, 9.17) is 0 Å². The lowest BCUT2D eigenvalue weighted by Gasteiger charge is -2.25. The summed E-state index contributed by atoms with van der Waals surface area (Å²) in [6.45, 7) is 11.2. The van der Waals surface area contributed by atoms with Gasteiger partial charge in [-0.25, -0.2) is 14.8 Å². The highest BCUT2D eigenvalue weighted by Gasteiger charge is 2.20. The van der Waals surface area contributed by atoms with Crippen LogP contribution in [-0.2, 0) is 4.79 Å². The zero-order valence-electron chi connectivity index (χ0n) is 9.92. The van der Waals surface area contributed by atoms with E-state index in [1.165, 1.54) is 0 Å². The van der Waals surface area contributed by atoms with Gasteiger partial charge in [-0.15, -0.1) is 0 Å². The third-order valence-corrected chi connectivity index (χ3v) is 2.32. The summed E-state index contributed by atoms with van der Waals surface area (Å²) in [5, 5.41) is 0. The molecule has 0 bridgehead atoms. The summed E-state index contributed by atoms with van der Waals surface area (Å²) in [4.78, 5) is 17.6. The van der Waals surface area contributed by atoms with Gasteiger partial charge in [-0.2, -0.15) is 0 Å². The SMILES string of the molecule is C=C=NCCC(C)CC(C)(C)CN=C=O. The highest BCUT2D eigenvalue weighted by Crippen LogP contribution is 2.27. The van der Waals surface area contributed by atoms with E-state index >= 15 is 0 Å². The maximum atomic E-state index is 10.0. The zero-order valence-corrected chi connectivity index (χ0v) is 9.92. The normalized spacial score (nSPS) is 12.5. The van der Waals surface area contributed by atoms with Gasteiger partial charge in [0.2, 0.25) is 6.08 Å². The Kier molecular flexibility index (Phi) is 6.61. The fourth-order valence-corrected chi connectivity index (χ4v) is 1.72. The van der Waals surface area contributed by atoms with Crippen LogP contribution in [-0.4, -0.2) is 25.0 Å². The summed E-state index contributed by atoms with van der Waals surface area (Å²) >= 11 is 0. The predicted molar refractivity (Wildman–Crippen MR) is 63.1 cm³/mol. The lowest BCUT2D eigenvalue weighted by molar-refractivity contribution is 0.280. The molecule has 0 amide bonds. The third-order valence-electron chi connectivity index (χ3n) is 2.32. The highest BCUT2D eigenvalue weighted by atomic mass is 16.1. The van der Waals surface area contributed by atoms with Gasteiger partial charge in [0.1, 0.15) is 0 Å². The van der Waals surface area contributed by atoms with Crippen molar-refractivity contribution in [1.29, 1.82) is 0 Å². The van der Waals surface area contributed by atoms with Crippen LogP contribution >= 0.6 is 0 Å². The van der Waals surface area contributed by atoms with Crippen molar-refractivity contribution >= 4 is 11.9 Å². The Balaban J connectivity index is 3.96. The van der Waals surface area contributed by atoms with Crippen molar-refractivity contribution in [2.45, 2.75) is 33.6 Å². The topological polar surface area (TPSA) is 41.8 Å². The quantitative estimate of drug-likeness (QED) is 0.468. The predicted octanol–water partition coefficient (Wildman–Crippen LogP) is 2.62. The molecule has 0 saturated carbocycles. The Hall–Kier alpha value is -1.17. The van der Waals surface area contributed by atoms with Crippen LogP contribution < -0.4 is 0 Å². The number of nitrogens with zero attached hydrogens (tertiary/aromatic N) is 2. The van der Waals surface area contributed by atoms with Crippen molar-refractivity contribution in [3.63, 3.8) is 0 Å². The minimum absolute atomic E-state index is 0.0642. The number of isocyanates is 1. The summed E-state index contributed by atoms with van der Waals surface area (Å²) in [5.41, 5.74) is 0.0642. The Morgan fingerprint density at radius 2 is 2.07 bits per heavy atom. The van der Waals surface area contributed by atoms with Gasteiger partial charge in [-0.1, -0.05) is 20.8 Å². The van der Waals surface area contributed by atoms with Gasteiger partial charge in [0.15, 0.2) is 0 Å². The van der Waals surface area contributed by atoms with Crippen LogP contribution in [0.3, 0.4) is 0 Å². The summed E-state index contributed by atoms with van der Waals surface area (Å²) in [5.74, 6) is 3.09. The molecule has 3 heteroatoms. The average Bonchev–Trinajstić information content (AvgIpc) is 2.14. The van der Waals surface area contributed by atoms with E-state index in [9.17, 15) is 4.79 Å². The van der Waals surface area contributed by atoms with E-state index in [2.05, 4.69) is 43.2 Å². The van der Waals surface area contributed by atoms with Crippen LogP contribution in [0.5, 0.6) is 0 Å². The molecule has 0 fully saturated rings. The van der Waals surface area contributed by atoms with Gasteiger partial charge in [0.25, 0.3) is 0 Å². The maximum Gasteiger partial charge on any atom is 0.234 e. The summed E-state index contributed by atoms with van der Waals surface area (Å²) in [7, 11) is 0. The van der Waals surface area contributed by atoms with E-state index < -0.39 is 0 Å². The number of rotatable bonds is 7. The molecule has 1 unspecified atom stereocenters. The van der Waals surface area contributed by atoms with E-state index in [1.807, 2.05) is 0 Å². The molecule has 0 aliphatic heterocycles. The first-order chi connectivity index (χ1) is 7.02. The van der Waals surface area contributed by atoms with Gasteiger partial charge >= 0.3 is 0 Å². The first-order valence-corrected chi connectivity index (χ1v) is 5.24. The molecule has 0 heterocycles. The number of aliphatic imine (C=N–C) groups is 2. The molecule has 3 nitrogen and oxygen atoms in total. The molecule has 0 spiro atoms. The smallest absolute Gasteiger partial charge is 0.234 e. The molecular weight excluding hydrogens is 188 g/mol. The van der Waals surface area contributed by atoms with Crippen molar-refractivity contribution < 1.29 is 4.79 Å². The zero-order chi connectivity index (χ0) is 11.7. The van der Waals surface area contributed by atoms with E-state index in [-0.39, 0.29) is 5.41 Å². The molecule has 0 aliphatic rings. The average molecular weight is 208 g/mol. The van der Waals surface area contributed by atoms with Crippen LogP contribution in [0.15, 0.2) is 16.6 Å². The monoisotopic (exact) mass is 208 g/mol. The lowest BCUT2D eigenvalue weighted by Crippen LogP contribution is -2.19. The molecule has 1 atom stereocenters. The molecule has 15 heavy (non-hydrogen) atoms. The van der Waals surface area contributed by atoms with E-state index in [0.29, 0.717) is 12.5 Å². The van der Waals surface area contributed by atoms with Crippen molar-refractivity contribution in [2.24, 2.45) is 21.3 Å². The molecule has 0 aliphatic carbocycles. The summed E-state index contributed by atoms with van der Waals surface area (Å²) < 4.78 is 0. The van der Waals surface area contributed by atoms with Crippen LogP contribution in [0, 0.1) is 11.3 Å². The largest absolute Gasteiger partial charge is 0.244 e. The molecule has 0 aromatic heterocycles. The first kappa shape index (κ1) is 13.8. The van der Waals surface area contributed by atoms with E-state index in [1.54, 1.807) is 6.08 Å². The maximum absolute atomic E-state index is 10.0. The second-order valence-corrected chi connectivity index (χ2v) is 4.71. The number of hydrogen-bond acceptors (Lipinski definition) is 3. The van der Waals surface area contributed by atoms with Gasteiger partial charge in [0.05, 0.1) is 6.54 Å². The molecule has 0 saturated heterocycles. The third kappa shape index (κ3) is 7.87. The van der Waals surface area contributed by atoms with Gasteiger partial charge < -0.3 is 0 Å². The van der Waals surface area contributed by atoms with Crippen LogP contribution in [0.4, 0.5) is 0 Å². The fourth-order valence-electron chi connectivity index (χ4n) is 1.72. The van der Waals surface area contributed by atoms with Crippen molar-refractivity contribution in [1.82, 2.24) is 0 Å². The lowest BCUT2D eigenvalue weighted by atomic mass is 9.82. The second-order valence-electron chi connectivity index (χ2n) is 4.71. The molecule has 0 aromatic rings. The molecule has 84 valence electrons. The minimum atomic E-state index is 0.0642. The van der Waals surface area contributed by atoms with Crippen molar-refractivity contribution in [2.75, 3.05) is 13.1 Å². The summed E-state index contributed by atoms with van der Waals surface area (Å²) in [6, 6.07) is 0. The Labute approximate surface area is 92.0 Å². The molecule has 0 radical (unpaired) electrons. The van der Waals surface area contributed by atoms with Gasteiger partial charge in [0, 0.05) is 6.54 Å². The number of hydrogen-bond donors (Lipinski definition) is 0. The molecular formula is C12H20N2O. The Morgan fingerprint density at radius 1 is 1.40 bits per heavy atom. The Morgan fingerprint density at radius 3 is 2.60 bits per heavy atom. The minimum Gasteiger partial charge on any atom is -0.244 e. The first-order valence-electron chi connectivity index (χ1n) is 5.24. The van der Waals surface area contributed by atoms with Crippen LogP contribution in [0.25, 0.3) is 0 Å². The summed E-state index contributed by atoms with van der Waals surface area (Å²) in [6.07, 6.45) is 3.64. The van der Waals surface area contributed by atoms with Crippen molar-refractivity contribution in [3.8, 4) is 0 Å². The second kappa shape index (κ2) is 7.17. The van der Waals surface area contributed by atoms with Crippen LogP contribution in [0.2, 0.25) is 0 Å². The van der Waals surface area contributed by atoms with Crippen molar-refractivity contribution in [3.05, 3.63) is 6.58 Å². The standard InChI is InChI=1S/C12H20N2O/c1-5-13-7-6-11(2)8-12(3,4)9-14-10-15/h11H,1,6-9H2,2-4H3. The molecule has 0 rings (SSSR count). The van der Waals surface area contributed by atoms with Crippen LogP contribution in [0.1, 0.15) is 33.6 Å². The fraction of sp³-hybridized carbons (Fsp3) is 0.750. The van der Waals surface area contributed by atoms with E-state index in [0.717, 1.165) is 19.4 Å². The highest BCUT2D eigenvalue weighted by molar-refractivity contribution is 5.46. The van der Waals surface area contributed by atoms with Gasteiger partial charge in [-0.3, -0.25) is 0 Å². The van der Waals surface area contributed by atoms with Gasteiger partial charge in [-0.05, 0) is 36.6 Å². The number of carbonyl (C=O) groups excluding carboxylic acids is 1.